The van der Waals surface area contributed by atoms with Crippen molar-refractivity contribution in [3.63, 3.8) is 0 Å². The molecule has 124 valence electrons. The smallest absolute Gasteiger partial charge is 0.241 e. The van der Waals surface area contributed by atoms with Gasteiger partial charge >= 0.3 is 0 Å². The van der Waals surface area contributed by atoms with E-state index in [1.807, 2.05) is 11.0 Å². The van der Waals surface area contributed by atoms with Gasteiger partial charge in [-0.25, -0.2) is 0 Å². The van der Waals surface area contributed by atoms with Crippen molar-refractivity contribution in [3.8, 4) is 0 Å². The Kier molecular flexibility index (Phi) is 4.11. The van der Waals surface area contributed by atoms with Gasteiger partial charge in [0.05, 0.1) is 6.54 Å². The number of anilines is 1. The second-order valence-electron chi connectivity index (χ2n) is 7.01. The van der Waals surface area contributed by atoms with Crippen LogP contribution in [-0.4, -0.2) is 29.9 Å². The summed E-state index contributed by atoms with van der Waals surface area (Å²) in [6, 6.07) is 17.2. The SMILES string of the molecule is C[C@@H]1CCc2ccccc2N1C(=O)CN1CCc2ccccc2C1. The number of fused-ring (bicyclic) bond motifs is 2. The summed E-state index contributed by atoms with van der Waals surface area (Å²) in [5.41, 5.74) is 5.20. The third-order valence-electron chi connectivity index (χ3n) is 5.36. The van der Waals surface area contributed by atoms with E-state index in [1.165, 1.54) is 16.7 Å². The number of nitrogens with zero attached hydrogens (tertiary/aromatic N) is 2. The number of para-hydroxylation sites is 1. The third kappa shape index (κ3) is 2.84. The molecule has 0 fully saturated rings. The van der Waals surface area contributed by atoms with Crippen LogP contribution in [0.15, 0.2) is 48.5 Å². The first-order chi connectivity index (χ1) is 11.7. The van der Waals surface area contributed by atoms with E-state index < -0.39 is 0 Å². The van der Waals surface area contributed by atoms with Crippen LogP contribution in [0.4, 0.5) is 5.69 Å². The van der Waals surface area contributed by atoms with E-state index >= 15 is 0 Å². The van der Waals surface area contributed by atoms with Gasteiger partial charge in [0.2, 0.25) is 5.91 Å². The molecule has 1 atom stereocenters. The highest BCUT2D eigenvalue weighted by molar-refractivity contribution is 5.96. The lowest BCUT2D eigenvalue weighted by Crippen LogP contribution is -2.47. The zero-order valence-electron chi connectivity index (χ0n) is 14.2. The van der Waals surface area contributed by atoms with E-state index in [4.69, 9.17) is 0 Å². The molecule has 0 aromatic heterocycles. The fourth-order valence-electron chi connectivity index (χ4n) is 4.02. The van der Waals surface area contributed by atoms with Gasteiger partial charge in [-0.2, -0.15) is 0 Å². The maximum atomic E-state index is 13.0. The second kappa shape index (κ2) is 6.40. The Morgan fingerprint density at radius 3 is 2.54 bits per heavy atom. The van der Waals surface area contributed by atoms with Gasteiger partial charge in [0, 0.05) is 24.8 Å². The molecule has 0 spiro atoms. The maximum Gasteiger partial charge on any atom is 0.241 e. The van der Waals surface area contributed by atoms with Gasteiger partial charge in [0.1, 0.15) is 0 Å². The molecule has 0 bridgehead atoms. The number of benzene rings is 2. The molecular formula is C21H24N2O. The van der Waals surface area contributed by atoms with Crippen molar-refractivity contribution in [2.75, 3.05) is 18.0 Å². The summed E-state index contributed by atoms with van der Waals surface area (Å²) >= 11 is 0. The minimum absolute atomic E-state index is 0.231. The van der Waals surface area contributed by atoms with Crippen LogP contribution >= 0.6 is 0 Å². The van der Waals surface area contributed by atoms with Gasteiger partial charge in [-0.15, -0.1) is 0 Å². The predicted molar refractivity (Wildman–Crippen MR) is 97.1 cm³/mol. The van der Waals surface area contributed by atoms with Crippen LogP contribution in [0.3, 0.4) is 0 Å². The summed E-state index contributed by atoms with van der Waals surface area (Å²) < 4.78 is 0. The summed E-state index contributed by atoms with van der Waals surface area (Å²) in [5.74, 6) is 0.231. The van der Waals surface area contributed by atoms with E-state index in [9.17, 15) is 4.79 Å². The molecule has 2 aliphatic rings. The standard InChI is InChI=1S/C21H24N2O/c1-16-10-11-18-7-4-5-9-20(18)23(16)21(24)15-22-13-12-17-6-2-3-8-19(17)14-22/h2-9,16H,10-15H2,1H3/t16-/m1/s1. The van der Waals surface area contributed by atoms with Gasteiger partial charge in [-0.1, -0.05) is 42.5 Å². The largest absolute Gasteiger partial charge is 0.308 e. The van der Waals surface area contributed by atoms with Crippen molar-refractivity contribution >= 4 is 11.6 Å². The Hall–Kier alpha value is -2.13. The molecule has 0 N–H and O–H groups in total. The first-order valence-corrected chi connectivity index (χ1v) is 8.91. The van der Waals surface area contributed by atoms with E-state index in [-0.39, 0.29) is 11.9 Å². The highest BCUT2D eigenvalue weighted by Gasteiger charge is 2.29. The molecule has 0 unspecified atom stereocenters. The summed E-state index contributed by atoms with van der Waals surface area (Å²) in [5, 5.41) is 0. The quantitative estimate of drug-likeness (QED) is 0.846. The van der Waals surface area contributed by atoms with E-state index in [0.29, 0.717) is 6.54 Å². The number of aryl methyl sites for hydroxylation is 1. The molecule has 2 aromatic carbocycles. The normalized spacial score (nSPS) is 20.4. The average Bonchev–Trinajstić information content (AvgIpc) is 2.61. The van der Waals surface area contributed by atoms with Crippen LogP contribution in [0.1, 0.15) is 30.0 Å². The summed E-state index contributed by atoms with van der Waals surface area (Å²) in [6.45, 7) is 4.52. The fraction of sp³-hybridized carbons (Fsp3) is 0.381. The van der Waals surface area contributed by atoms with E-state index in [0.717, 1.165) is 38.0 Å². The highest BCUT2D eigenvalue weighted by atomic mass is 16.2. The monoisotopic (exact) mass is 320 g/mol. The Bertz CT molecular complexity index is 755. The molecule has 2 aromatic rings. The zero-order valence-corrected chi connectivity index (χ0v) is 14.2. The summed E-state index contributed by atoms with van der Waals surface area (Å²) in [6.07, 6.45) is 3.15. The highest BCUT2D eigenvalue weighted by Crippen LogP contribution is 2.30. The van der Waals surface area contributed by atoms with Crippen molar-refractivity contribution in [3.05, 3.63) is 65.2 Å². The molecule has 2 aliphatic heterocycles. The molecule has 24 heavy (non-hydrogen) atoms. The van der Waals surface area contributed by atoms with Gasteiger partial charge < -0.3 is 4.90 Å². The Morgan fingerprint density at radius 2 is 1.71 bits per heavy atom. The lowest BCUT2D eigenvalue weighted by molar-refractivity contribution is -0.120. The molecule has 0 radical (unpaired) electrons. The third-order valence-corrected chi connectivity index (χ3v) is 5.36. The molecular weight excluding hydrogens is 296 g/mol. The minimum atomic E-state index is 0.231. The summed E-state index contributed by atoms with van der Waals surface area (Å²) in [4.78, 5) is 17.3. The molecule has 3 heteroatoms. The molecule has 0 saturated carbocycles. The van der Waals surface area contributed by atoms with Gasteiger partial charge in [0.15, 0.2) is 0 Å². The maximum absolute atomic E-state index is 13.0. The molecule has 0 aliphatic carbocycles. The summed E-state index contributed by atoms with van der Waals surface area (Å²) in [7, 11) is 0. The van der Waals surface area contributed by atoms with E-state index in [1.54, 1.807) is 0 Å². The molecule has 4 rings (SSSR count). The van der Waals surface area contributed by atoms with Crippen molar-refractivity contribution in [1.82, 2.24) is 4.90 Å². The molecule has 1 amide bonds. The van der Waals surface area contributed by atoms with Crippen molar-refractivity contribution in [1.29, 1.82) is 0 Å². The van der Waals surface area contributed by atoms with Gasteiger partial charge in [-0.3, -0.25) is 9.69 Å². The first-order valence-electron chi connectivity index (χ1n) is 8.91. The lowest BCUT2D eigenvalue weighted by Gasteiger charge is -2.37. The number of carbonyl (C=O) groups is 1. The number of hydrogen-bond acceptors (Lipinski definition) is 2. The Balaban J connectivity index is 1.51. The number of hydrogen-bond donors (Lipinski definition) is 0. The van der Waals surface area contributed by atoms with Crippen molar-refractivity contribution in [2.45, 2.75) is 38.8 Å². The van der Waals surface area contributed by atoms with Crippen LogP contribution < -0.4 is 4.90 Å². The van der Waals surface area contributed by atoms with Crippen LogP contribution in [0.25, 0.3) is 0 Å². The van der Waals surface area contributed by atoms with Crippen LogP contribution in [0.2, 0.25) is 0 Å². The van der Waals surface area contributed by atoms with Crippen LogP contribution in [-0.2, 0) is 24.2 Å². The lowest BCUT2D eigenvalue weighted by atomic mass is 9.96. The predicted octanol–water partition coefficient (Wildman–Crippen LogP) is 3.41. The van der Waals surface area contributed by atoms with Gasteiger partial charge in [-0.05, 0) is 48.9 Å². The van der Waals surface area contributed by atoms with Gasteiger partial charge in [0.25, 0.3) is 0 Å². The fourth-order valence-corrected chi connectivity index (χ4v) is 4.02. The van der Waals surface area contributed by atoms with Crippen LogP contribution in [0.5, 0.6) is 0 Å². The molecule has 3 nitrogen and oxygen atoms in total. The van der Waals surface area contributed by atoms with Crippen molar-refractivity contribution in [2.24, 2.45) is 0 Å². The zero-order chi connectivity index (χ0) is 16.5. The number of carbonyl (C=O) groups excluding carboxylic acids is 1. The number of rotatable bonds is 2. The Morgan fingerprint density at radius 1 is 1.00 bits per heavy atom. The molecule has 0 saturated heterocycles. The second-order valence-corrected chi connectivity index (χ2v) is 7.01. The van der Waals surface area contributed by atoms with E-state index in [2.05, 4.69) is 54.3 Å². The molecule has 2 heterocycles. The van der Waals surface area contributed by atoms with Crippen molar-refractivity contribution < 1.29 is 4.79 Å². The first kappa shape index (κ1) is 15.4. The average molecular weight is 320 g/mol. The Labute approximate surface area is 143 Å². The van der Waals surface area contributed by atoms with Crippen LogP contribution in [0, 0.1) is 0 Å². The number of amides is 1. The topological polar surface area (TPSA) is 23.6 Å². The minimum Gasteiger partial charge on any atom is -0.308 e.